The van der Waals surface area contributed by atoms with Crippen LogP contribution in [0.3, 0.4) is 0 Å². The number of hydrogen-bond acceptors (Lipinski definition) is 1. The molecule has 0 radical (unpaired) electrons. The summed E-state index contributed by atoms with van der Waals surface area (Å²) >= 11 is 0. The van der Waals surface area contributed by atoms with Crippen molar-refractivity contribution in [2.75, 3.05) is 0 Å². The lowest BCUT2D eigenvalue weighted by Gasteiger charge is -2.21. The molecule has 0 saturated carbocycles. The normalized spacial score (nSPS) is 35.2. The van der Waals surface area contributed by atoms with Crippen molar-refractivity contribution >= 4 is 0 Å². The molecule has 0 saturated heterocycles. The Balaban J connectivity index is 2.13. The van der Waals surface area contributed by atoms with Gasteiger partial charge in [-0.25, -0.2) is 0 Å². The molecule has 16 heavy (non-hydrogen) atoms. The highest BCUT2D eigenvalue weighted by molar-refractivity contribution is 5.44. The molecule has 4 rings (SSSR count). The molecule has 2 unspecified atom stereocenters. The molecule has 3 aliphatic rings. The molecule has 80 valence electrons. The SMILES string of the molecule is C#CC1(O)CC2C=CC(C1)c1ccccc12. The van der Waals surface area contributed by atoms with Gasteiger partial charge in [0.25, 0.3) is 0 Å². The van der Waals surface area contributed by atoms with Crippen LogP contribution in [0, 0.1) is 12.3 Å². The molecule has 1 nitrogen and oxygen atoms in total. The number of allylic oxidation sites excluding steroid dienone is 2. The molecule has 0 heterocycles. The number of terminal acetylenes is 1. The van der Waals surface area contributed by atoms with Crippen LogP contribution in [0.15, 0.2) is 36.4 Å². The summed E-state index contributed by atoms with van der Waals surface area (Å²) in [5.41, 5.74) is 1.72. The third kappa shape index (κ3) is 1.31. The second-order valence-corrected chi connectivity index (χ2v) is 4.81. The molecule has 0 aromatic heterocycles. The maximum absolute atomic E-state index is 10.3. The van der Waals surface area contributed by atoms with Crippen LogP contribution >= 0.6 is 0 Å². The van der Waals surface area contributed by atoms with Crippen LogP contribution in [0.4, 0.5) is 0 Å². The zero-order valence-corrected chi connectivity index (χ0v) is 9.06. The van der Waals surface area contributed by atoms with Crippen LogP contribution in [0.2, 0.25) is 0 Å². The average molecular weight is 210 g/mol. The average Bonchev–Trinajstić information content (AvgIpc) is 2.56. The third-order valence-corrected chi connectivity index (χ3v) is 3.75. The first-order valence-electron chi connectivity index (χ1n) is 5.69. The quantitative estimate of drug-likeness (QED) is 0.515. The van der Waals surface area contributed by atoms with Gasteiger partial charge in [0.1, 0.15) is 5.60 Å². The number of hydrogen-bond donors (Lipinski definition) is 1. The highest BCUT2D eigenvalue weighted by atomic mass is 16.3. The van der Waals surface area contributed by atoms with Gasteiger partial charge in [-0.15, -0.1) is 6.42 Å². The van der Waals surface area contributed by atoms with Crippen molar-refractivity contribution in [1.82, 2.24) is 0 Å². The van der Waals surface area contributed by atoms with Crippen molar-refractivity contribution in [1.29, 1.82) is 0 Å². The molecule has 2 bridgehead atoms. The van der Waals surface area contributed by atoms with E-state index in [1.165, 1.54) is 11.1 Å². The Kier molecular flexibility index (Phi) is 1.96. The number of benzene rings is 1. The lowest BCUT2D eigenvalue weighted by atomic mass is 9.84. The highest BCUT2D eigenvalue weighted by Gasteiger charge is 2.38. The summed E-state index contributed by atoms with van der Waals surface area (Å²) in [6.07, 6.45) is 11.2. The lowest BCUT2D eigenvalue weighted by molar-refractivity contribution is 0.0810. The van der Waals surface area contributed by atoms with Gasteiger partial charge in [0.15, 0.2) is 0 Å². The fourth-order valence-electron chi connectivity index (χ4n) is 2.95. The van der Waals surface area contributed by atoms with Crippen molar-refractivity contribution < 1.29 is 5.11 Å². The van der Waals surface area contributed by atoms with E-state index in [9.17, 15) is 5.11 Å². The molecular weight excluding hydrogens is 196 g/mol. The van der Waals surface area contributed by atoms with Crippen LogP contribution in [-0.2, 0) is 0 Å². The van der Waals surface area contributed by atoms with Gasteiger partial charge < -0.3 is 5.11 Å². The van der Waals surface area contributed by atoms with Gasteiger partial charge in [-0.1, -0.05) is 42.3 Å². The number of fused-ring (bicyclic) bond motifs is 2. The maximum Gasteiger partial charge on any atom is 0.127 e. The third-order valence-electron chi connectivity index (χ3n) is 3.75. The van der Waals surface area contributed by atoms with E-state index in [1.54, 1.807) is 0 Å². The van der Waals surface area contributed by atoms with Crippen molar-refractivity contribution in [2.24, 2.45) is 0 Å². The molecule has 1 N–H and O–H groups in total. The van der Waals surface area contributed by atoms with E-state index in [4.69, 9.17) is 6.42 Å². The molecule has 0 amide bonds. The molecule has 2 atom stereocenters. The van der Waals surface area contributed by atoms with Crippen LogP contribution in [-0.4, -0.2) is 10.7 Å². The predicted octanol–water partition coefficient (Wildman–Crippen LogP) is 2.58. The van der Waals surface area contributed by atoms with E-state index in [2.05, 4.69) is 42.3 Å². The fourth-order valence-corrected chi connectivity index (χ4v) is 2.95. The summed E-state index contributed by atoms with van der Waals surface area (Å²) in [6.45, 7) is 0. The van der Waals surface area contributed by atoms with Gasteiger partial charge in [-0.05, 0) is 24.0 Å². The minimum Gasteiger partial charge on any atom is -0.378 e. The Hall–Kier alpha value is -1.52. The van der Waals surface area contributed by atoms with Crippen LogP contribution < -0.4 is 0 Å². The molecule has 1 aromatic rings. The van der Waals surface area contributed by atoms with Crippen molar-refractivity contribution in [3.05, 3.63) is 47.5 Å². The first kappa shape index (κ1) is 9.69. The Morgan fingerprint density at radius 3 is 2.06 bits per heavy atom. The van der Waals surface area contributed by atoms with Gasteiger partial charge >= 0.3 is 0 Å². The van der Waals surface area contributed by atoms with E-state index in [-0.39, 0.29) is 11.8 Å². The smallest absolute Gasteiger partial charge is 0.127 e. The minimum atomic E-state index is -0.947. The standard InChI is InChI=1S/C15H14O/c1-2-15(16)9-11-7-8-12(10-15)14-6-4-3-5-13(11)14/h1,3-8,11-12,16H,9-10H2. The summed E-state index contributed by atoms with van der Waals surface area (Å²) in [5, 5.41) is 10.3. The highest BCUT2D eigenvalue weighted by Crippen LogP contribution is 2.46. The lowest BCUT2D eigenvalue weighted by Crippen LogP contribution is -2.27. The van der Waals surface area contributed by atoms with Crippen LogP contribution in [0.1, 0.15) is 35.8 Å². The van der Waals surface area contributed by atoms with Gasteiger partial charge in [0, 0.05) is 11.8 Å². The maximum atomic E-state index is 10.3. The van der Waals surface area contributed by atoms with E-state index in [1.807, 2.05) is 0 Å². The predicted molar refractivity (Wildman–Crippen MR) is 64.1 cm³/mol. The van der Waals surface area contributed by atoms with Gasteiger partial charge in [-0.3, -0.25) is 0 Å². The van der Waals surface area contributed by atoms with Gasteiger partial charge in [0.2, 0.25) is 0 Å². The largest absolute Gasteiger partial charge is 0.378 e. The van der Waals surface area contributed by atoms with Crippen LogP contribution in [0.25, 0.3) is 0 Å². The first-order chi connectivity index (χ1) is 7.72. The van der Waals surface area contributed by atoms with Gasteiger partial charge in [0.05, 0.1) is 0 Å². The summed E-state index contributed by atoms with van der Waals surface area (Å²) in [5.74, 6) is 3.12. The van der Waals surface area contributed by atoms with Crippen molar-refractivity contribution in [3.63, 3.8) is 0 Å². The Morgan fingerprint density at radius 2 is 1.62 bits per heavy atom. The molecule has 0 aliphatic heterocycles. The fraction of sp³-hybridized carbons (Fsp3) is 0.333. The van der Waals surface area contributed by atoms with Crippen molar-refractivity contribution in [3.8, 4) is 12.3 Å². The van der Waals surface area contributed by atoms with E-state index in [0.717, 1.165) is 0 Å². The Morgan fingerprint density at radius 1 is 1.12 bits per heavy atom. The summed E-state index contributed by atoms with van der Waals surface area (Å²) < 4.78 is 0. The first-order valence-corrected chi connectivity index (χ1v) is 5.69. The van der Waals surface area contributed by atoms with E-state index in [0.29, 0.717) is 12.8 Å². The van der Waals surface area contributed by atoms with Crippen molar-refractivity contribution in [2.45, 2.75) is 30.3 Å². The number of rotatable bonds is 0. The summed E-state index contributed by atoms with van der Waals surface area (Å²) in [7, 11) is 0. The summed E-state index contributed by atoms with van der Waals surface area (Å²) in [4.78, 5) is 0. The topological polar surface area (TPSA) is 20.2 Å². The second kappa shape index (κ2) is 3.23. The zero-order valence-electron chi connectivity index (χ0n) is 9.06. The Labute approximate surface area is 95.8 Å². The Bertz CT molecular complexity index is 457. The van der Waals surface area contributed by atoms with Crippen LogP contribution in [0.5, 0.6) is 0 Å². The van der Waals surface area contributed by atoms with E-state index >= 15 is 0 Å². The molecule has 0 spiro atoms. The van der Waals surface area contributed by atoms with Gasteiger partial charge in [-0.2, -0.15) is 0 Å². The summed E-state index contributed by atoms with van der Waals surface area (Å²) in [6, 6.07) is 8.42. The monoisotopic (exact) mass is 210 g/mol. The number of aliphatic hydroxyl groups is 1. The molecule has 1 heteroatoms. The molecule has 3 aliphatic carbocycles. The minimum absolute atomic E-state index is 0.274. The molecule has 1 aromatic carbocycles. The molecular formula is C15H14O. The molecule has 0 fully saturated rings. The zero-order chi connectivity index (χ0) is 11.2. The second-order valence-electron chi connectivity index (χ2n) is 4.81. The van der Waals surface area contributed by atoms with E-state index < -0.39 is 5.60 Å².